The maximum absolute atomic E-state index is 9.13. The SMILES string of the molecule is Cc1ccc(NN=Cc2ccc(O)cc2)cc1. The third-order valence-electron chi connectivity index (χ3n) is 2.35. The van der Waals surface area contributed by atoms with Crippen LogP contribution in [0.2, 0.25) is 0 Å². The fraction of sp³-hybridized carbons (Fsp3) is 0.0714. The van der Waals surface area contributed by atoms with Crippen molar-refractivity contribution in [2.24, 2.45) is 5.10 Å². The predicted octanol–water partition coefficient (Wildman–Crippen LogP) is 3.15. The van der Waals surface area contributed by atoms with Crippen LogP contribution in [0.5, 0.6) is 5.75 Å². The number of phenolic OH excluding ortho intramolecular Hbond substituents is 1. The molecule has 0 bridgehead atoms. The normalized spacial score (nSPS) is 10.6. The first-order valence-electron chi connectivity index (χ1n) is 5.39. The largest absolute Gasteiger partial charge is 0.508 e. The molecule has 2 aromatic rings. The van der Waals surface area contributed by atoms with Crippen molar-refractivity contribution in [3.05, 3.63) is 59.7 Å². The molecule has 0 saturated carbocycles. The smallest absolute Gasteiger partial charge is 0.115 e. The van der Waals surface area contributed by atoms with Crippen LogP contribution in [0.3, 0.4) is 0 Å². The number of benzene rings is 2. The second-order valence-corrected chi connectivity index (χ2v) is 3.83. The summed E-state index contributed by atoms with van der Waals surface area (Å²) in [5.74, 6) is 0.258. The number of hydrogen-bond acceptors (Lipinski definition) is 3. The molecule has 2 aromatic carbocycles. The molecule has 0 aliphatic carbocycles. The fourth-order valence-electron chi connectivity index (χ4n) is 1.37. The first-order chi connectivity index (χ1) is 8.24. The molecule has 3 heteroatoms. The lowest BCUT2D eigenvalue weighted by molar-refractivity contribution is 0.475. The average Bonchev–Trinajstić information content (AvgIpc) is 2.34. The standard InChI is InChI=1S/C14H14N2O/c1-11-2-6-13(7-3-11)16-15-10-12-4-8-14(17)9-5-12/h2-10,16-17H,1H3. The number of aromatic hydroxyl groups is 1. The average molecular weight is 226 g/mol. The van der Waals surface area contributed by atoms with Crippen LogP contribution in [-0.4, -0.2) is 11.3 Å². The summed E-state index contributed by atoms with van der Waals surface area (Å²) in [6.07, 6.45) is 1.71. The summed E-state index contributed by atoms with van der Waals surface area (Å²) in [5.41, 5.74) is 6.04. The second kappa shape index (κ2) is 5.16. The zero-order valence-electron chi connectivity index (χ0n) is 9.59. The highest BCUT2D eigenvalue weighted by Crippen LogP contribution is 2.09. The van der Waals surface area contributed by atoms with Gasteiger partial charge >= 0.3 is 0 Å². The minimum Gasteiger partial charge on any atom is -0.508 e. The van der Waals surface area contributed by atoms with Crippen molar-refractivity contribution in [1.82, 2.24) is 0 Å². The van der Waals surface area contributed by atoms with Gasteiger partial charge in [0.15, 0.2) is 0 Å². The van der Waals surface area contributed by atoms with E-state index in [1.807, 2.05) is 31.2 Å². The molecule has 2 rings (SSSR count). The molecular formula is C14H14N2O. The van der Waals surface area contributed by atoms with Gasteiger partial charge in [-0.1, -0.05) is 17.7 Å². The lowest BCUT2D eigenvalue weighted by atomic mass is 10.2. The highest BCUT2D eigenvalue weighted by molar-refractivity contribution is 5.80. The zero-order chi connectivity index (χ0) is 12.1. The minimum atomic E-state index is 0.258. The molecule has 3 nitrogen and oxygen atoms in total. The number of rotatable bonds is 3. The van der Waals surface area contributed by atoms with Crippen LogP contribution < -0.4 is 5.43 Å². The number of anilines is 1. The van der Waals surface area contributed by atoms with Gasteiger partial charge in [-0.3, -0.25) is 5.43 Å². The first-order valence-corrected chi connectivity index (χ1v) is 5.39. The van der Waals surface area contributed by atoms with Crippen LogP contribution in [0.25, 0.3) is 0 Å². The van der Waals surface area contributed by atoms with E-state index in [4.69, 9.17) is 5.11 Å². The number of hydrazone groups is 1. The maximum atomic E-state index is 9.13. The van der Waals surface area contributed by atoms with Crippen molar-refractivity contribution in [3.63, 3.8) is 0 Å². The Morgan fingerprint density at radius 3 is 2.29 bits per heavy atom. The van der Waals surface area contributed by atoms with E-state index in [-0.39, 0.29) is 5.75 Å². The summed E-state index contributed by atoms with van der Waals surface area (Å²) < 4.78 is 0. The van der Waals surface area contributed by atoms with Crippen molar-refractivity contribution in [2.75, 3.05) is 5.43 Å². The lowest BCUT2D eigenvalue weighted by Crippen LogP contribution is -1.90. The van der Waals surface area contributed by atoms with Crippen LogP contribution in [-0.2, 0) is 0 Å². The Hall–Kier alpha value is -2.29. The monoisotopic (exact) mass is 226 g/mol. The van der Waals surface area contributed by atoms with Gasteiger partial charge in [-0.25, -0.2) is 0 Å². The van der Waals surface area contributed by atoms with E-state index in [2.05, 4.69) is 10.5 Å². The molecule has 0 saturated heterocycles. The molecule has 0 radical (unpaired) electrons. The maximum Gasteiger partial charge on any atom is 0.115 e. The van der Waals surface area contributed by atoms with Gasteiger partial charge in [-0.2, -0.15) is 5.10 Å². The molecule has 0 spiro atoms. The van der Waals surface area contributed by atoms with Crippen molar-refractivity contribution in [3.8, 4) is 5.75 Å². The topological polar surface area (TPSA) is 44.6 Å². The third kappa shape index (κ3) is 3.34. The zero-order valence-corrected chi connectivity index (χ0v) is 9.59. The Labute approximate surface area is 100 Å². The Morgan fingerprint density at radius 2 is 1.65 bits per heavy atom. The second-order valence-electron chi connectivity index (χ2n) is 3.83. The number of phenols is 1. The van der Waals surface area contributed by atoms with Gasteiger partial charge in [-0.15, -0.1) is 0 Å². The van der Waals surface area contributed by atoms with Crippen LogP contribution in [0.1, 0.15) is 11.1 Å². The molecule has 0 amide bonds. The predicted molar refractivity (Wildman–Crippen MR) is 70.5 cm³/mol. The van der Waals surface area contributed by atoms with Gasteiger partial charge in [-0.05, 0) is 48.9 Å². The summed E-state index contributed by atoms with van der Waals surface area (Å²) in [6, 6.07) is 14.9. The Morgan fingerprint density at radius 1 is 1.00 bits per heavy atom. The molecule has 0 atom stereocenters. The molecule has 2 N–H and O–H groups in total. The number of aryl methyl sites for hydroxylation is 1. The molecule has 17 heavy (non-hydrogen) atoms. The molecule has 0 heterocycles. The van der Waals surface area contributed by atoms with Crippen LogP contribution in [0.15, 0.2) is 53.6 Å². The molecule has 0 aromatic heterocycles. The van der Waals surface area contributed by atoms with E-state index in [1.165, 1.54) is 5.56 Å². The Kier molecular flexibility index (Phi) is 3.40. The number of nitrogens with one attached hydrogen (secondary N) is 1. The van der Waals surface area contributed by atoms with Gasteiger partial charge in [0.25, 0.3) is 0 Å². The fourth-order valence-corrected chi connectivity index (χ4v) is 1.37. The van der Waals surface area contributed by atoms with Gasteiger partial charge in [0.2, 0.25) is 0 Å². The summed E-state index contributed by atoms with van der Waals surface area (Å²) in [6.45, 7) is 2.05. The Bertz CT molecular complexity index is 501. The van der Waals surface area contributed by atoms with Gasteiger partial charge in [0, 0.05) is 0 Å². The van der Waals surface area contributed by atoms with Gasteiger partial charge < -0.3 is 5.11 Å². The molecule has 0 fully saturated rings. The van der Waals surface area contributed by atoms with E-state index in [0.29, 0.717) is 0 Å². The van der Waals surface area contributed by atoms with Gasteiger partial charge in [0.05, 0.1) is 11.9 Å². The van der Waals surface area contributed by atoms with Gasteiger partial charge in [0.1, 0.15) is 5.75 Å². The van der Waals surface area contributed by atoms with Crippen molar-refractivity contribution in [1.29, 1.82) is 0 Å². The van der Waals surface area contributed by atoms with E-state index >= 15 is 0 Å². The van der Waals surface area contributed by atoms with Crippen molar-refractivity contribution in [2.45, 2.75) is 6.92 Å². The third-order valence-corrected chi connectivity index (χ3v) is 2.35. The Balaban J connectivity index is 1.97. The number of nitrogens with zero attached hydrogens (tertiary/aromatic N) is 1. The quantitative estimate of drug-likeness (QED) is 0.623. The molecule has 0 aliphatic heterocycles. The summed E-state index contributed by atoms with van der Waals surface area (Å²) >= 11 is 0. The highest BCUT2D eigenvalue weighted by atomic mass is 16.3. The van der Waals surface area contributed by atoms with Crippen molar-refractivity contribution < 1.29 is 5.11 Å². The van der Waals surface area contributed by atoms with Crippen LogP contribution in [0.4, 0.5) is 5.69 Å². The van der Waals surface area contributed by atoms with Crippen LogP contribution >= 0.6 is 0 Å². The summed E-state index contributed by atoms with van der Waals surface area (Å²) in [4.78, 5) is 0. The van der Waals surface area contributed by atoms with E-state index < -0.39 is 0 Å². The van der Waals surface area contributed by atoms with E-state index in [1.54, 1.807) is 30.5 Å². The molecular weight excluding hydrogens is 212 g/mol. The van der Waals surface area contributed by atoms with Crippen LogP contribution in [0, 0.1) is 6.92 Å². The molecule has 86 valence electrons. The first kappa shape index (κ1) is 11.2. The molecule has 0 aliphatic rings. The van der Waals surface area contributed by atoms with E-state index in [0.717, 1.165) is 11.3 Å². The minimum absolute atomic E-state index is 0.258. The van der Waals surface area contributed by atoms with E-state index in [9.17, 15) is 0 Å². The molecule has 0 unspecified atom stereocenters. The lowest BCUT2D eigenvalue weighted by Gasteiger charge is -2.00. The van der Waals surface area contributed by atoms with Crippen molar-refractivity contribution >= 4 is 11.9 Å². The summed E-state index contributed by atoms with van der Waals surface area (Å²) in [5, 5.41) is 13.2. The number of hydrogen-bond donors (Lipinski definition) is 2. The highest BCUT2D eigenvalue weighted by Gasteiger charge is 1.90. The summed E-state index contributed by atoms with van der Waals surface area (Å²) in [7, 11) is 0.